The molecule has 0 aromatic heterocycles. The number of nitrogens with zero attached hydrogens (tertiary/aromatic N) is 3. The molecule has 24 heavy (non-hydrogen) atoms. The van der Waals surface area contributed by atoms with Gasteiger partial charge in [-0.25, -0.2) is 0 Å². The molecule has 2 heterocycles. The largest absolute Gasteiger partial charge is 0.353 e. The van der Waals surface area contributed by atoms with Crippen LogP contribution in [-0.2, 0) is 14.4 Å². The topological polar surface area (TPSA) is 73.0 Å². The lowest BCUT2D eigenvalue weighted by atomic mass is 10.0. The van der Waals surface area contributed by atoms with E-state index in [4.69, 9.17) is 0 Å². The molecule has 0 radical (unpaired) electrons. The molecule has 0 aliphatic carbocycles. The standard InChI is InChI=1S/C17H30N4O3/c1-13(2)4-6-20-7-5-18-17(24)15(20)12-16(23)21-10-8-19(9-11-21)14(3)22/h13,15H,4-12H2,1-3H3,(H,18,24). The molecule has 136 valence electrons. The van der Waals surface area contributed by atoms with Gasteiger partial charge in [0.05, 0.1) is 12.5 Å². The molecule has 0 bridgehead atoms. The zero-order valence-corrected chi connectivity index (χ0v) is 15.1. The van der Waals surface area contributed by atoms with E-state index in [-0.39, 0.29) is 30.2 Å². The van der Waals surface area contributed by atoms with Crippen molar-refractivity contribution in [2.45, 2.75) is 39.7 Å². The fraction of sp³-hybridized carbons (Fsp3) is 0.824. The highest BCUT2D eigenvalue weighted by molar-refractivity contribution is 5.89. The summed E-state index contributed by atoms with van der Waals surface area (Å²) in [5.74, 6) is 0.593. The average molecular weight is 338 g/mol. The van der Waals surface area contributed by atoms with E-state index in [0.717, 1.165) is 19.5 Å². The number of piperazine rings is 2. The average Bonchev–Trinajstić information content (AvgIpc) is 2.55. The highest BCUT2D eigenvalue weighted by atomic mass is 16.2. The first-order valence-corrected chi connectivity index (χ1v) is 8.93. The van der Waals surface area contributed by atoms with Crippen LogP contribution in [0.25, 0.3) is 0 Å². The Kier molecular flexibility index (Phi) is 6.60. The number of carbonyl (C=O) groups excluding carboxylic acids is 3. The SMILES string of the molecule is CC(=O)N1CCN(C(=O)CC2C(=O)NCCN2CCC(C)C)CC1. The van der Waals surface area contributed by atoms with Gasteiger partial charge in [-0.1, -0.05) is 13.8 Å². The first-order chi connectivity index (χ1) is 11.4. The molecule has 7 heteroatoms. The maximum atomic E-state index is 12.6. The Morgan fingerprint density at radius 1 is 1.12 bits per heavy atom. The summed E-state index contributed by atoms with van der Waals surface area (Å²) in [5.41, 5.74) is 0. The van der Waals surface area contributed by atoms with Crippen LogP contribution in [0.4, 0.5) is 0 Å². The molecule has 2 rings (SSSR count). The van der Waals surface area contributed by atoms with Gasteiger partial charge in [-0.15, -0.1) is 0 Å². The number of nitrogens with one attached hydrogen (secondary N) is 1. The van der Waals surface area contributed by atoms with Gasteiger partial charge in [0, 0.05) is 46.2 Å². The van der Waals surface area contributed by atoms with E-state index in [1.54, 1.807) is 16.7 Å². The molecule has 0 saturated carbocycles. The Bertz CT molecular complexity index is 472. The van der Waals surface area contributed by atoms with Gasteiger partial charge in [-0.2, -0.15) is 0 Å². The van der Waals surface area contributed by atoms with Crippen LogP contribution in [0.5, 0.6) is 0 Å². The van der Waals surface area contributed by atoms with Gasteiger partial charge in [0.25, 0.3) is 0 Å². The van der Waals surface area contributed by atoms with Crippen LogP contribution in [0.3, 0.4) is 0 Å². The van der Waals surface area contributed by atoms with Crippen molar-refractivity contribution in [2.75, 3.05) is 45.8 Å². The van der Waals surface area contributed by atoms with Gasteiger partial charge in [0.2, 0.25) is 17.7 Å². The Morgan fingerprint density at radius 2 is 1.75 bits per heavy atom. The third kappa shape index (κ3) is 4.93. The minimum Gasteiger partial charge on any atom is -0.353 e. The molecule has 2 aliphatic rings. The van der Waals surface area contributed by atoms with Gasteiger partial charge < -0.3 is 15.1 Å². The van der Waals surface area contributed by atoms with Gasteiger partial charge in [0.1, 0.15) is 0 Å². The van der Waals surface area contributed by atoms with Crippen molar-refractivity contribution >= 4 is 17.7 Å². The minimum atomic E-state index is -0.365. The Labute approximate surface area is 144 Å². The second-order valence-electron chi connectivity index (χ2n) is 7.12. The lowest BCUT2D eigenvalue weighted by molar-refractivity contribution is -0.142. The quantitative estimate of drug-likeness (QED) is 0.761. The smallest absolute Gasteiger partial charge is 0.237 e. The number of amides is 3. The summed E-state index contributed by atoms with van der Waals surface area (Å²) in [4.78, 5) is 41.9. The molecule has 2 fully saturated rings. The van der Waals surface area contributed by atoms with E-state index >= 15 is 0 Å². The normalized spacial score (nSPS) is 22.7. The Morgan fingerprint density at radius 3 is 2.33 bits per heavy atom. The Hall–Kier alpha value is -1.63. The molecule has 2 saturated heterocycles. The van der Waals surface area contributed by atoms with E-state index in [1.807, 2.05) is 0 Å². The zero-order valence-electron chi connectivity index (χ0n) is 15.1. The predicted octanol–water partition coefficient (Wildman–Crippen LogP) is -0.0863. The summed E-state index contributed by atoms with van der Waals surface area (Å²) in [6, 6.07) is -0.365. The van der Waals surface area contributed by atoms with E-state index in [1.165, 1.54) is 0 Å². The molecule has 2 aliphatic heterocycles. The third-order valence-electron chi connectivity index (χ3n) is 4.88. The molecule has 3 amide bonds. The number of carbonyl (C=O) groups is 3. The van der Waals surface area contributed by atoms with E-state index in [2.05, 4.69) is 24.1 Å². The first kappa shape index (κ1) is 18.7. The number of rotatable bonds is 5. The fourth-order valence-electron chi connectivity index (χ4n) is 3.24. The van der Waals surface area contributed by atoms with E-state index in [0.29, 0.717) is 38.6 Å². The molecule has 1 unspecified atom stereocenters. The first-order valence-electron chi connectivity index (χ1n) is 8.93. The van der Waals surface area contributed by atoms with Crippen molar-refractivity contribution in [1.29, 1.82) is 0 Å². The summed E-state index contributed by atoms with van der Waals surface area (Å²) < 4.78 is 0. The fourth-order valence-corrected chi connectivity index (χ4v) is 3.24. The number of hydrogen-bond acceptors (Lipinski definition) is 4. The van der Waals surface area contributed by atoms with Crippen molar-refractivity contribution < 1.29 is 14.4 Å². The van der Waals surface area contributed by atoms with Crippen LogP contribution in [0.2, 0.25) is 0 Å². The third-order valence-corrected chi connectivity index (χ3v) is 4.88. The van der Waals surface area contributed by atoms with Crippen molar-refractivity contribution in [3.8, 4) is 0 Å². The van der Waals surface area contributed by atoms with Crippen LogP contribution in [0, 0.1) is 5.92 Å². The summed E-state index contributed by atoms with van der Waals surface area (Å²) in [5, 5.41) is 2.88. The maximum Gasteiger partial charge on any atom is 0.237 e. The van der Waals surface area contributed by atoms with Crippen LogP contribution < -0.4 is 5.32 Å². The Balaban J connectivity index is 1.90. The van der Waals surface area contributed by atoms with Crippen molar-refractivity contribution in [1.82, 2.24) is 20.0 Å². The van der Waals surface area contributed by atoms with Crippen LogP contribution in [0.15, 0.2) is 0 Å². The molecule has 1 N–H and O–H groups in total. The molecule has 0 aromatic rings. The van der Waals surface area contributed by atoms with Gasteiger partial charge in [-0.3, -0.25) is 19.3 Å². The van der Waals surface area contributed by atoms with Gasteiger partial charge >= 0.3 is 0 Å². The monoisotopic (exact) mass is 338 g/mol. The van der Waals surface area contributed by atoms with Gasteiger partial charge in [0.15, 0.2) is 0 Å². The highest BCUT2D eigenvalue weighted by Gasteiger charge is 2.33. The predicted molar refractivity (Wildman–Crippen MR) is 91.3 cm³/mol. The van der Waals surface area contributed by atoms with E-state index < -0.39 is 0 Å². The molecule has 0 spiro atoms. The lowest BCUT2D eigenvalue weighted by Gasteiger charge is -2.38. The minimum absolute atomic E-state index is 0.00907. The summed E-state index contributed by atoms with van der Waals surface area (Å²) in [7, 11) is 0. The molecule has 0 aromatic carbocycles. The molecular formula is C17H30N4O3. The van der Waals surface area contributed by atoms with Crippen molar-refractivity contribution in [2.24, 2.45) is 5.92 Å². The molecular weight excluding hydrogens is 308 g/mol. The second-order valence-corrected chi connectivity index (χ2v) is 7.12. The highest BCUT2D eigenvalue weighted by Crippen LogP contribution is 2.14. The molecule has 1 atom stereocenters. The number of hydrogen-bond donors (Lipinski definition) is 1. The van der Waals surface area contributed by atoms with Crippen molar-refractivity contribution in [3.05, 3.63) is 0 Å². The maximum absolute atomic E-state index is 12.6. The summed E-state index contributed by atoms with van der Waals surface area (Å²) >= 11 is 0. The molecule has 7 nitrogen and oxygen atoms in total. The summed E-state index contributed by atoms with van der Waals surface area (Å²) in [6.07, 6.45) is 1.25. The zero-order chi connectivity index (χ0) is 17.7. The summed E-state index contributed by atoms with van der Waals surface area (Å²) in [6.45, 7) is 10.4. The van der Waals surface area contributed by atoms with Gasteiger partial charge in [-0.05, 0) is 18.9 Å². The van der Waals surface area contributed by atoms with E-state index in [9.17, 15) is 14.4 Å². The van der Waals surface area contributed by atoms with Crippen LogP contribution in [0.1, 0.15) is 33.6 Å². The van der Waals surface area contributed by atoms with Crippen LogP contribution in [-0.4, -0.2) is 84.3 Å². The van der Waals surface area contributed by atoms with Crippen LogP contribution >= 0.6 is 0 Å². The second kappa shape index (κ2) is 8.46. The lowest BCUT2D eigenvalue weighted by Crippen LogP contribution is -2.58. The van der Waals surface area contributed by atoms with Crippen molar-refractivity contribution in [3.63, 3.8) is 0 Å².